The summed E-state index contributed by atoms with van der Waals surface area (Å²) in [5.74, 6) is 1.36. The van der Waals surface area contributed by atoms with Gasteiger partial charge in [0.25, 0.3) is 5.91 Å². The number of rotatable bonds is 5. The molecule has 0 unspecified atom stereocenters. The highest BCUT2D eigenvalue weighted by Gasteiger charge is 2.41. The van der Waals surface area contributed by atoms with E-state index in [0.29, 0.717) is 12.5 Å². The number of hydrogen-bond acceptors (Lipinski definition) is 4. The van der Waals surface area contributed by atoms with Gasteiger partial charge in [0.05, 0.1) is 17.2 Å². The lowest BCUT2D eigenvalue weighted by Crippen LogP contribution is -2.44. The Morgan fingerprint density at radius 3 is 2.70 bits per heavy atom. The molecular weight excluding hydrogens is 392 g/mol. The zero-order chi connectivity index (χ0) is 20.9. The zero-order valence-electron chi connectivity index (χ0n) is 17.6. The number of para-hydroxylation sites is 1. The van der Waals surface area contributed by atoms with Gasteiger partial charge in [-0.3, -0.25) is 9.69 Å². The van der Waals surface area contributed by atoms with Gasteiger partial charge in [-0.1, -0.05) is 50.1 Å². The quantitative estimate of drug-likeness (QED) is 0.536. The zero-order valence-corrected chi connectivity index (χ0v) is 18.4. The molecule has 2 aliphatic rings. The molecule has 1 aliphatic carbocycles. The first kappa shape index (κ1) is 20.7. The number of ether oxygens (including phenoxy) is 1. The maximum Gasteiger partial charge on any atom is 0.267 e. The van der Waals surface area contributed by atoms with Crippen LogP contribution in [0.1, 0.15) is 45.1 Å². The average molecular weight is 421 g/mol. The molecular formula is C25H28N2O2S. The molecule has 2 fully saturated rings. The van der Waals surface area contributed by atoms with Crippen LogP contribution in [0.3, 0.4) is 0 Å². The summed E-state index contributed by atoms with van der Waals surface area (Å²) in [7, 11) is 0. The number of amidine groups is 1. The van der Waals surface area contributed by atoms with E-state index in [1.54, 1.807) is 0 Å². The lowest BCUT2D eigenvalue weighted by atomic mass is 9.85. The molecule has 2 aromatic carbocycles. The Labute approximate surface area is 183 Å². The summed E-state index contributed by atoms with van der Waals surface area (Å²) in [5.41, 5.74) is 1.84. The molecule has 1 heterocycles. The van der Waals surface area contributed by atoms with E-state index in [-0.39, 0.29) is 11.9 Å². The second kappa shape index (κ2) is 9.52. The highest BCUT2D eigenvalue weighted by atomic mass is 32.2. The fourth-order valence-electron chi connectivity index (χ4n) is 4.16. The molecule has 1 saturated carbocycles. The van der Waals surface area contributed by atoms with Crippen LogP contribution in [0.4, 0.5) is 5.69 Å². The molecule has 4 rings (SSSR count). The first-order valence-electron chi connectivity index (χ1n) is 10.8. The molecule has 0 aromatic heterocycles. The fourth-order valence-corrected chi connectivity index (χ4v) is 5.21. The number of benzene rings is 2. The number of aliphatic imine (C=N–C) groups is 1. The normalized spacial score (nSPS) is 24.6. The third-order valence-electron chi connectivity index (χ3n) is 5.68. The second-order valence-electron chi connectivity index (χ2n) is 7.85. The largest absolute Gasteiger partial charge is 0.494 e. The molecule has 0 radical (unpaired) electrons. The van der Waals surface area contributed by atoms with Crippen molar-refractivity contribution in [2.75, 3.05) is 6.61 Å². The number of amides is 1. The molecule has 0 N–H and O–H groups in total. The van der Waals surface area contributed by atoms with Crippen molar-refractivity contribution in [1.29, 1.82) is 0 Å². The summed E-state index contributed by atoms with van der Waals surface area (Å²) in [6.45, 7) is 4.85. The van der Waals surface area contributed by atoms with Gasteiger partial charge in [-0.2, -0.15) is 0 Å². The van der Waals surface area contributed by atoms with E-state index in [2.05, 4.69) is 6.92 Å². The van der Waals surface area contributed by atoms with Crippen LogP contribution in [0.5, 0.6) is 5.75 Å². The maximum atomic E-state index is 13.5. The van der Waals surface area contributed by atoms with Gasteiger partial charge in [0.15, 0.2) is 5.17 Å². The summed E-state index contributed by atoms with van der Waals surface area (Å²) in [4.78, 5) is 21.0. The molecule has 1 amide bonds. The van der Waals surface area contributed by atoms with Gasteiger partial charge in [-0.15, -0.1) is 0 Å². The van der Waals surface area contributed by atoms with Gasteiger partial charge in [0.2, 0.25) is 0 Å². The number of hydrogen-bond donors (Lipinski definition) is 0. The molecule has 4 nitrogen and oxygen atoms in total. The van der Waals surface area contributed by atoms with Crippen LogP contribution in [0.2, 0.25) is 0 Å². The number of carbonyl (C=O) groups excluding carboxylic acids is 1. The Morgan fingerprint density at radius 1 is 1.13 bits per heavy atom. The molecule has 30 heavy (non-hydrogen) atoms. The fraction of sp³-hybridized carbons (Fsp3) is 0.360. The average Bonchev–Trinajstić information content (AvgIpc) is 3.04. The molecule has 2 atom stereocenters. The van der Waals surface area contributed by atoms with E-state index in [9.17, 15) is 4.79 Å². The summed E-state index contributed by atoms with van der Waals surface area (Å²) in [6, 6.07) is 18.0. The number of nitrogens with zero attached hydrogens (tertiary/aromatic N) is 2. The van der Waals surface area contributed by atoms with Crippen LogP contribution in [0, 0.1) is 5.92 Å². The summed E-state index contributed by atoms with van der Waals surface area (Å²) in [6.07, 6.45) is 6.56. The van der Waals surface area contributed by atoms with Crippen LogP contribution >= 0.6 is 11.8 Å². The van der Waals surface area contributed by atoms with Gasteiger partial charge < -0.3 is 4.74 Å². The van der Waals surface area contributed by atoms with Crippen LogP contribution in [0.25, 0.3) is 6.08 Å². The first-order chi connectivity index (χ1) is 14.7. The SMILES string of the molecule is CCOc1cccc(/C=C2\SC(=Nc3ccccc3)N([C@@H]3CCCC[C@@H]3C)C2=O)c1. The van der Waals surface area contributed by atoms with E-state index < -0.39 is 0 Å². The Hall–Kier alpha value is -2.53. The lowest BCUT2D eigenvalue weighted by molar-refractivity contribution is -0.124. The van der Waals surface area contributed by atoms with Gasteiger partial charge in [-0.05, 0) is 73.4 Å². The number of thioether (sulfide) groups is 1. The van der Waals surface area contributed by atoms with Crippen molar-refractivity contribution in [1.82, 2.24) is 4.90 Å². The third-order valence-corrected chi connectivity index (χ3v) is 6.67. The van der Waals surface area contributed by atoms with Gasteiger partial charge in [0.1, 0.15) is 5.75 Å². The number of carbonyl (C=O) groups is 1. The van der Waals surface area contributed by atoms with E-state index in [4.69, 9.17) is 9.73 Å². The minimum Gasteiger partial charge on any atom is -0.494 e. The minimum atomic E-state index is 0.0650. The summed E-state index contributed by atoms with van der Waals surface area (Å²) < 4.78 is 5.61. The highest BCUT2D eigenvalue weighted by Crippen LogP contribution is 2.40. The van der Waals surface area contributed by atoms with Crippen molar-refractivity contribution in [3.8, 4) is 5.75 Å². The van der Waals surface area contributed by atoms with Crippen molar-refractivity contribution in [2.45, 2.75) is 45.6 Å². The Morgan fingerprint density at radius 2 is 1.93 bits per heavy atom. The predicted octanol–water partition coefficient (Wildman–Crippen LogP) is 6.27. The van der Waals surface area contributed by atoms with E-state index in [1.165, 1.54) is 18.2 Å². The Bertz CT molecular complexity index is 955. The Kier molecular flexibility index (Phi) is 6.58. The second-order valence-corrected chi connectivity index (χ2v) is 8.86. The molecule has 156 valence electrons. The van der Waals surface area contributed by atoms with Crippen molar-refractivity contribution < 1.29 is 9.53 Å². The standard InChI is InChI=1S/C25H28N2O2S/c1-3-29-21-14-9-11-19(16-21)17-23-24(28)27(22-15-8-7-10-18(22)2)25(30-23)26-20-12-5-4-6-13-20/h4-6,9,11-14,16-18,22H,3,7-8,10,15H2,1-2H3/b23-17-,26-25?/t18-,22+/m0/s1. The van der Waals surface area contributed by atoms with Gasteiger partial charge in [-0.25, -0.2) is 4.99 Å². The predicted molar refractivity (Wildman–Crippen MR) is 125 cm³/mol. The lowest BCUT2D eigenvalue weighted by Gasteiger charge is -2.35. The van der Waals surface area contributed by atoms with Crippen molar-refractivity contribution in [2.24, 2.45) is 10.9 Å². The van der Waals surface area contributed by atoms with Crippen molar-refractivity contribution in [3.63, 3.8) is 0 Å². The topological polar surface area (TPSA) is 41.9 Å². The minimum absolute atomic E-state index is 0.0650. The van der Waals surface area contributed by atoms with Crippen LogP contribution in [0.15, 0.2) is 64.5 Å². The molecule has 1 aliphatic heterocycles. The molecule has 5 heteroatoms. The maximum absolute atomic E-state index is 13.5. The Balaban J connectivity index is 1.69. The summed E-state index contributed by atoms with van der Waals surface area (Å²) >= 11 is 1.48. The highest BCUT2D eigenvalue weighted by molar-refractivity contribution is 8.18. The van der Waals surface area contributed by atoms with E-state index >= 15 is 0 Å². The van der Waals surface area contributed by atoms with Crippen molar-refractivity contribution >= 4 is 34.6 Å². The third kappa shape index (κ3) is 4.62. The van der Waals surface area contributed by atoms with E-state index in [1.807, 2.05) is 72.5 Å². The molecule has 0 spiro atoms. The van der Waals surface area contributed by atoms with Crippen LogP contribution in [-0.4, -0.2) is 28.6 Å². The smallest absolute Gasteiger partial charge is 0.267 e. The van der Waals surface area contributed by atoms with Crippen LogP contribution < -0.4 is 4.74 Å². The molecule has 0 bridgehead atoms. The monoisotopic (exact) mass is 420 g/mol. The van der Waals surface area contributed by atoms with Gasteiger partial charge >= 0.3 is 0 Å². The van der Waals surface area contributed by atoms with E-state index in [0.717, 1.165) is 46.3 Å². The first-order valence-corrected chi connectivity index (χ1v) is 11.6. The van der Waals surface area contributed by atoms with Crippen LogP contribution in [-0.2, 0) is 4.79 Å². The van der Waals surface area contributed by atoms with Crippen molar-refractivity contribution in [3.05, 3.63) is 65.1 Å². The molecule has 1 saturated heterocycles. The molecule has 2 aromatic rings. The summed E-state index contributed by atoms with van der Waals surface area (Å²) in [5, 5.41) is 0.789. The van der Waals surface area contributed by atoms with Gasteiger partial charge in [0, 0.05) is 6.04 Å².